The largest absolute Gasteiger partial charge is 0.324 e. The van der Waals surface area contributed by atoms with Crippen LogP contribution in [-0.4, -0.2) is 10.9 Å². The number of benzene rings is 1. The summed E-state index contributed by atoms with van der Waals surface area (Å²) in [4.78, 5) is 16.2. The van der Waals surface area contributed by atoms with Crippen molar-refractivity contribution in [2.45, 2.75) is 19.8 Å². The third-order valence-electron chi connectivity index (χ3n) is 3.04. The van der Waals surface area contributed by atoms with E-state index in [1.165, 1.54) is 0 Å². The van der Waals surface area contributed by atoms with Crippen LogP contribution in [0.3, 0.4) is 0 Å². The van der Waals surface area contributed by atoms with Crippen molar-refractivity contribution in [3.05, 3.63) is 58.9 Å². The molecule has 1 aromatic carbocycles. The third-order valence-corrected chi connectivity index (χ3v) is 3.27. The van der Waals surface area contributed by atoms with Gasteiger partial charge in [0.1, 0.15) is 0 Å². The number of anilines is 1. The number of nitrogens with zero attached hydrogens (tertiary/aromatic N) is 1. The molecular weight excluding hydrogens is 260 g/mol. The summed E-state index contributed by atoms with van der Waals surface area (Å²) in [6, 6.07) is 9.20. The molecule has 1 amide bonds. The summed E-state index contributed by atoms with van der Waals surface area (Å²) in [5.74, 6) is -0.336. The molecule has 3 nitrogen and oxygen atoms in total. The number of hydrogen-bond donors (Lipinski definition) is 1. The first kappa shape index (κ1) is 13.6. The lowest BCUT2D eigenvalue weighted by Gasteiger charge is -2.13. The van der Waals surface area contributed by atoms with Crippen LogP contribution in [-0.2, 0) is 4.79 Å². The highest BCUT2D eigenvalue weighted by atomic mass is 35.5. The standard InChI is InChI=1S/C15H15ClN2O/c1-10-6-7-17-9-14(10)18-15(19)11(2)12-4-3-5-13(16)8-12/h3-9,11H,1-2H3,(H,18,19)/t11-/m1/s1. The smallest absolute Gasteiger partial charge is 0.231 e. The van der Waals surface area contributed by atoms with Crippen molar-refractivity contribution in [2.24, 2.45) is 0 Å². The minimum Gasteiger partial charge on any atom is -0.324 e. The zero-order valence-electron chi connectivity index (χ0n) is 10.9. The Kier molecular flexibility index (Phi) is 4.17. The normalized spacial score (nSPS) is 11.9. The minimum atomic E-state index is -0.265. The molecule has 0 spiro atoms. The van der Waals surface area contributed by atoms with Crippen molar-refractivity contribution < 1.29 is 4.79 Å². The summed E-state index contributed by atoms with van der Waals surface area (Å²) in [6.45, 7) is 3.79. The van der Waals surface area contributed by atoms with Gasteiger partial charge in [0.25, 0.3) is 0 Å². The molecule has 0 aliphatic rings. The zero-order chi connectivity index (χ0) is 13.8. The van der Waals surface area contributed by atoms with E-state index in [2.05, 4.69) is 10.3 Å². The zero-order valence-corrected chi connectivity index (χ0v) is 11.6. The van der Waals surface area contributed by atoms with E-state index >= 15 is 0 Å². The van der Waals surface area contributed by atoms with Crippen LogP contribution >= 0.6 is 11.6 Å². The van der Waals surface area contributed by atoms with Gasteiger partial charge >= 0.3 is 0 Å². The summed E-state index contributed by atoms with van der Waals surface area (Å²) in [5.41, 5.74) is 2.62. The second kappa shape index (κ2) is 5.85. The fourth-order valence-corrected chi connectivity index (χ4v) is 1.96. The van der Waals surface area contributed by atoms with Crippen molar-refractivity contribution in [2.75, 3.05) is 5.32 Å². The first-order valence-corrected chi connectivity index (χ1v) is 6.42. The van der Waals surface area contributed by atoms with Crippen molar-refractivity contribution in [3.63, 3.8) is 0 Å². The number of halogens is 1. The van der Waals surface area contributed by atoms with Crippen LogP contribution in [0.25, 0.3) is 0 Å². The number of nitrogens with one attached hydrogen (secondary N) is 1. The van der Waals surface area contributed by atoms with E-state index in [4.69, 9.17) is 11.6 Å². The molecule has 19 heavy (non-hydrogen) atoms. The predicted octanol–water partition coefficient (Wildman–Crippen LogP) is 3.79. The fraction of sp³-hybridized carbons (Fsp3) is 0.200. The monoisotopic (exact) mass is 274 g/mol. The number of carbonyl (C=O) groups excluding carboxylic acids is 1. The maximum Gasteiger partial charge on any atom is 0.231 e. The first-order valence-electron chi connectivity index (χ1n) is 6.05. The fourth-order valence-electron chi connectivity index (χ4n) is 1.76. The van der Waals surface area contributed by atoms with Crippen LogP contribution in [0.1, 0.15) is 24.0 Å². The highest BCUT2D eigenvalue weighted by Crippen LogP contribution is 2.21. The second-order valence-electron chi connectivity index (χ2n) is 4.46. The van der Waals surface area contributed by atoms with E-state index in [0.717, 1.165) is 16.8 Å². The molecule has 2 aromatic rings. The molecule has 1 heterocycles. The highest BCUT2D eigenvalue weighted by molar-refractivity contribution is 6.30. The Hall–Kier alpha value is -1.87. The van der Waals surface area contributed by atoms with E-state index in [1.807, 2.05) is 38.1 Å². The maximum absolute atomic E-state index is 12.2. The van der Waals surface area contributed by atoms with Crippen LogP contribution in [0.5, 0.6) is 0 Å². The number of pyridine rings is 1. The Balaban J connectivity index is 2.14. The lowest BCUT2D eigenvalue weighted by atomic mass is 10.0. The van der Waals surface area contributed by atoms with E-state index in [1.54, 1.807) is 18.5 Å². The van der Waals surface area contributed by atoms with Crippen molar-refractivity contribution >= 4 is 23.2 Å². The van der Waals surface area contributed by atoms with Crippen LogP contribution in [0.4, 0.5) is 5.69 Å². The van der Waals surface area contributed by atoms with Crippen LogP contribution in [0.15, 0.2) is 42.7 Å². The molecule has 98 valence electrons. The van der Waals surface area contributed by atoms with Gasteiger partial charge in [-0.05, 0) is 43.2 Å². The summed E-state index contributed by atoms with van der Waals surface area (Å²) in [6.07, 6.45) is 3.35. The Labute approximate surface area is 117 Å². The summed E-state index contributed by atoms with van der Waals surface area (Å²) < 4.78 is 0. The quantitative estimate of drug-likeness (QED) is 0.925. The Morgan fingerprint density at radius 1 is 1.37 bits per heavy atom. The molecule has 1 aromatic heterocycles. The highest BCUT2D eigenvalue weighted by Gasteiger charge is 2.16. The molecular formula is C15H15ClN2O. The molecule has 0 bridgehead atoms. The summed E-state index contributed by atoms with van der Waals surface area (Å²) in [5, 5.41) is 3.52. The Morgan fingerprint density at radius 3 is 2.84 bits per heavy atom. The number of carbonyl (C=O) groups is 1. The molecule has 0 fully saturated rings. The topological polar surface area (TPSA) is 42.0 Å². The lowest BCUT2D eigenvalue weighted by molar-refractivity contribution is -0.117. The number of aromatic nitrogens is 1. The molecule has 0 saturated carbocycles. The van der Waals surface area contributed by atoms with E-state index in [9.17, 15) is 4.79 Å². The molecule has 0 aliphatic carbocycles. The van der Waals surface area contributed by atoms with Crippen molar-refractivity contribution in [1.29, 1.82) is 0 Å². The average Bonchev–Trinajstić information content (AvgIpc) is 2.40. The van der Waals surface area contributed by atoms with Gasteiger partial charge in [-0.1, -0.05) is 23.7 Å². The average molecular weight is 275 g/mol. The number of hydrogen-bond acceptors (Lipinski definition) is 2. The second-order valence-corrected chi connectivity index (χ2v) is 4.89. The Bertz CT molecular complexity index is 598. The SMILES string of the molecule is Cc1ccncc1NC(=O)[C@H](C)c1cccc(Cl)c1. The molecule has 1 atom stereocenters. The van der Waals surface area contributed by atoms with Gasteiger partial charge in [-0.25, -0.2) is 0 Å². The number of amides is 1. The van der Waals surface area contributed by atoms with Crippen LogP contribution in [0.2, 0.25) is 5.02 Å². The van der Waals surface area contributed by atoms with Gasteiger partial charge in [0.15, 0.2) is 0 Å². The van der Waals surface area contributed by atoms with Crippen molar-refractivity contribution in [1.82, 2.24) is 4.98 Å². The summed E-state index contributed by atoms with van der Waals surface area (Å²) >= 11 is 5.94. The predicted molar refractivity (Wildman–Crippen MR) is 77.5 cm³/mol. The van der Waals surface area contributed by atoms with E-state index in [-0.39, 0.29) is 11.8 Å². The summed E-state index contributed by atoms with van der Waals surface area (Å²) in [7, 11) is 0. The molecule has 0 aliphatic heterocycles. The Morgan fingerprint density at radius 2 is 2.16 bits per heavy atom. The van der Waals surface area contributed by atoms with Crippen LogP contribution < -0.4 is 5.32 Å². The van der Waals surface area contributed by atoms with Gasteiger partial charge in [-0.3, -0.25) is 9.78 Å². The molecule has 1 N–H and O–H groups in total. The van der Waals surface area contributed by atoms with E-state index in [0.29, 0.717) is 5.02 Å². The van der Waals surface area contributed by atoms with Gasteiger partial charge in [0.05, 0.1) is 17.8 Å². The van der Waals surface area contributed by atoms with Gasteiger partial charge in [-0.2, -0.15) is 0 Å². The van der Waals surface area contributed by atoms with Gasteiger partial charge in [0, 0.05) is 11.2 Å². The first-order chi connectivity index (χ1) is 9.08. The third kappa shape index (κ3) is 3.32. The van der Waals surface area contributed by atoms with Crippen LogP contribution in [0, 0.1) is 6.92 Å². The molecule has 0 unspecified atom stereocenters. The maximum atomic E-state index is 12.2. The van der Waals surface area contributed by atoms with Gasteiger partial charge in [0.2, 0.25) is 5.91 Å². The van der Waals surface area contributed by atoms with Gasteiger partial charge in [-0.15, -0.1) is 0 Å². The molecule has 0 saturated heterocycles. The minimum absolute atomic E-state index is 0.0710. The molecule has 2 rings (SSSR count). The lowest BCUT2D eigenvalue weighted by Crippen LogP contribution is -2.19. The number of rotatable bonds is 3. The number of aryl methyl sites for hydroxylation is 1. The molecule has 0 radical (unpaired) electrons. The molecule has 4 heteroatoms. The van der Waals surface area contributed by atoms with Crippen molar-refractivity contribution in [3.8, 4) is 0 Å². The van der Waals surface area contributed by atoms with E-state index < -0.39 is 0 Å². The van der Waals surface area contributed by atoms with Gasteiger partial charge < -0.3 is 5.32 Å².